The Hall–Kier alpha value is -2.42. The van der Waals surface area contributed by atoms with Gasteiger partial charge in [-0.25, -0.2) is 10.9 Å². The summed E-state index contributed by atoms with van der Waals surface area (Å²) in [5, 5.41) is 24.1. The number of nitrogens with one attached hydrogen (secondary N) is 6. The van der Waals surface area contributed by atoms with E-state index in [0.717, 1.165) is 96.3 Å². The highest BCUT2D eigenvalue weighted by atomic mass is 32.2. The average molecular weight is 1110 g/mol. The fourth-order valence-electron chi connectivity index (χ4n) is 20.0. The first-order chi connectivity index (χ1) is 35.7. The van der Waals surface area contributed by atoms with Crippen molar-refractivity contribution < 1.29 is 50.2 Å². The summed E-state index contributed by atoms with van der Waals surface area (Å²) in [5.41, 5.74) is 7.90. The van der Waals surface area contributed by atoms with Crippen LogP contribution in [0.2, 0.25) is 0 Å². The molecule has 19 heteroatoms. The molecule has 1 heterocycles. The molecule has 4 amide bonds. The molecule has 1 aliphatic heterocycles. The molecule has 0 bridgehead atoms. The fourth-order valence-corrected chi connectivity index (χ4v) is 20.8. The second kappa shape index (κ2) is 22.1. The molecule has 2 unspecified atom stereocenters. The van der Waals surface area contributed by atoms with Gasteiger partial charge in [-0.05, 0) is 215 Å². The van der Waals surface area contributed by atoms with E-state index in [4.69, 9.17) is 9.11 Å². The van der Waals surface area contributed by atoms with Crippen molar-refractivity contribution in [3.05, 3.63) is 0 Å². The molecule has 17 nitrogen and oxygen atoms in total. The van der Waals surface area contributed by atoms with Gasteiger partial charge in [-0.15, -0.1) is 0 Å². The van der Waals surface area contributed by atoms with Gasteiger partial charge in [-0.3, -0.25) is 28.3 Å². The molecule has 8 saturated carbocycles. The number of hydrazine groups is 1. The monoisotopic (exact) mass is 1100 g/mol. The molecular formula is C57H96N6O11S2. The van der Waals surface area contributed by atoms with E-state index < -0.39 is 31.7 Å². The maximum atomic E-state index is 13.5. The predicted octanol–water partition coefficient (Wildman–Crippen LogP) is 6.67. The number of amides is 4. The van der Waals surface area contributed by atoms with E-state index in [1.165, 1.54) is 19.3 Å². The van der Waals surface area contributed by atoms with Crippen molar-refractivity contribution in [2.24, 2.45) is 92.7 Å². The summed E-state index contributed by atoms with van der Waals surface area (Å²) in [6, 6.07) is 0.198. The molecule has 76 heavy (non-hydrogen) atoms. The Labute approximate surface area is 454 Å². The van der Waals surface area contributed by atoms with E-state index >= 15 is 0 Å². The minimum absolute atomic E-state index is 0.0104. The van der Waals surface area contributed by atoms with Crippen LogP contribution in [-0.2, 0) is 39.4 Å². The van der Waals surface area contributed by atoms with E-state index in [9.17, 15) is 41.1 Å². The van der Waals surface area contributed by atoms with Crippen molar-refractivity contribution in [3.63, 3.8) is 0 Å². The van der Waals surface area contributed by atoms with Gasteiger partial charge in [0.05, 0.1) is 23.3 Å². The molecule has 9 N–H and O–H groups in total. The molecule has 19 atom stereocenters. The van der Waals surface area contributed by atoms with Gasteiger partial charge < -0.3 is 26.4 Å². The Bertz CT molecular complexity index is 2390. The van der Waals surface area contributed by atoms with E-state index in [1.807, 2.05) is 0 Å². The van der Waals surface area contributed by atoms with Gasteiger partial charge in [-0.2, -0.15) is 16.8 Å². The first-order valence-electron chi connectivity index (χ1n) is 29.9. The third kappa shape index (κ3) is 11.8. The van der Waals surface area contributed by atoms with Crippen LogP contribution in [0.25, 0.3) is 0 Å². The molecule has 0 aromatic carbocycles. The van der Waals surface area contributed by atoms with Crippen LogP contribution >= 0.6 is 0 Å². The SMILES string of the molecule is C[C@H](CCC(=O)NCCS(=O)(=O)O)[C@H]1CC[C@H]2[C@@H]3[C@@H](O)CC4C[C@H](NC(=O)CCCC(=O)N[C@@H]5CC[C@@]6(C)C(C5)CC5(NN5)[C@H]5[C@@H]7CC[C@H]([C@H](C)CCC(=O)NCCS(=O)(=O)O)[C@@]7(C)CC[C@@H]56)CC[C@]4(C)[C@H]3CC[C@]12C. The summed E-state index contributed by atoms with van der Waals surface area (Å²) < 4.78 is 62.3. The summed E-state index contributed by atoms with van der Waals surface area (Å²) in [7, 11) is -8.24. The normalized spacial score (nSPS) is 41.9. The van der Waals surface area contributed by atoms with Gasteiger partial charge in [0.1, 0.15) is 0 Å². The first-order valence-corrected chi connectivity index (χ1v) is 33.1. The number of hydrogen-bond donors (Lipinski definition) is 9. The van der Waals surface area contributed by atoms with Crippen LogP contribution in [0, 0.1) is 92.7 Å². The highest BCUT2D eigenvalue weighted by Crippen LogP contribution is 2.72. The number of carbonyl (C=O) groups is 4. The molecule has 9 aliphatic rings. The Morgan fingerprint density at radius 1 is 0.553 bits per heavy atom. The third-order valence-corrected chi connectivity index (χ3v) is 25.4. The highest BCUT2D eigenvalue weighted by Gasteiger charge is 2.70. The van der Waals surface area contributed by atoms with Crippen molar-refractivity contribution in [3.8, 4) is 0 Å². The minimum Gasteiger partial charge on any atom is -0.393 e. The van der Waals surface area contributed by atoms with Gasteiger partial charge in [0.15, 0.2) is 0 Å². The van der Waals surface area contributed by atoms with Crippen molar-refractivity contribution >= 4 is 43.9 Å². The largest absolute Gasteiger partial charge is 0.393 e. The standard InChI is InChI=1S/C57H96N6O11S2/c1-34(10-16-47(65)58-26-28-75(69,70)71)40-12-14-42-51-43(20-24-55(40,42)5)53(3)22-18-38(30-36(53)32-46(51)64)60-49(67)8-7-9-50(68)61-39-19-23-54(4)37(31-39)33-57(62-63-57)52-44-15-13-41(56(44,6)25-21-45(52)54)35(2)11-17-48(66)59-27-29-76(72,73)74/h34-46,51-52,62-64H,7-33H2,1-6H3,(H,58,65)(H,59,66)(H,60,67)(H,61,68)(H,69,70,71)(H,72,73,74)/t34-,35-,36?,37?,38-,39-,40-,41-,42+,43+,44+,45+,46+,51+,52+,53+,54+,55-,56-/m1/s1. The Balaban J connectivity index is 0.699. The van der Waals surface area contributed by atoms with Crippen LogP contribution in [0.4, 0.5) is 0 Å². The van der Waals surface area contributed by atoms with Crippen molar-refractivity contribution in [1.29, 1.82) is 0 Å². The zero-order valence-corrected chi connectivity index (χ0v) is 48.3. The summed E-state index contributed by atoms with van der Waals surface area (Å²) in [6.07, 6.45) is 19.7. The van der Waals surface area contributed by atoms with Crippen LogP contribution in [0.3, 0.4) is 0 Å². The summed E-state index contributed by atoms with van der Waals surface area (Å²) >= 11 is 0. The molecule has 1 spiro atoms. The number of rotatable bonds is 20. The molecule has 0 radical (unpaired) electrons. The summed E-state index contributed by atoms with van der Waals surface area (Å²) in [4.78, 5) is 52.1. The maximum Gasteiger partial charge on any atom is 0.266 e. The van der Waals surface area contributed by atoms with Crippen LogP contribution in [0.1, 0.15) is 189 Å². The highest BCUT2D eigenvalue weighted by molar-refractivity contribution is 7.86. The van der Waals surface area contributed by atoms with Crippen LogP contribution in [-0.4, -0.2) is 103 Å². The van der Waals surface area contributed by atoms with Gasteiger partial charge in [0.2, 0.25) is 23.6 Å². The molecule has 0 aromatic rings. The fraction of sp³-hybridized carbons (Fsp3) is 0.930. The molecule has 9 fully saturated rings. The second-order valence-corrected chi connectivity index (χ2v) is 31.0. The van der Waals surface area contributed by atoms with Crippen LogP contribution in [0.15, 0.2) is 0 Å². The average Bonchev–Trinajstić information content (AvgIpc) is 3.96. The lowest BCUT2D eigenvalue weighted by Crippen LogP contribution is -2.62. The lowest BCUT2D eigenvalue weighted by Gasteiger charge is -2.63. The maximum absolute atomic E-state index is 13.5. The number of hydrogen-bond acceptors (Lipinski definition) is 11. The van der Waals surface area contributed by atoms with E-state index in [1.54, 1.807) is 0 Å². The van der Waals surface area contributed by atoms with Gasteiger partial charge in [-0.1, -0.05) is 41.5 Å². The molecule has 432 valence electrons. The smallest absolute Gasteiger partial charge is 0.266 e. The molecule has 0 aromatic heterocycles. The zero-order valence-electron chi connectivity index (χ0n) is 46.7. The number of carbonyl (C=O) groups excluding carboxylic acids is 4. The molecule has 1 saturated heterocycles. The lowest BCUT2D eigenvalue weighted by molar-refractivity contribution is -0.167. The number of aliphatic hydroxyl groups is 1. The lowest BCUT2D eigenvalue weighted by atomic mass is 9.42. The number of fused-ring (bicyclic) bond motifs is 11. The molecular weight excluding hydrogens is 1010 g/mol. The number of aliphatic hydroxyl groups excluding tert-OH is 1. The predicted molar refractivity (Wildman–Crippen MR) is 290 cm³/mol. The van der Waals surface area contributed by atoms with E-state index in [0.29, 0.717) is 97.2 Å². The van der Waals surface area contributed by atoms with Crippen molar-refractivity contribution in [2.75, 3.05) is 24.6 Å². The zero-order chi connectivity index (χ0) is 54.8. The Kier molecular flexibility index (Phi) is 17.0. The minimum atomic E-state index is -4.12. The van der Waals surface area contributed by atoms with Crippen LogP contribution in [0.5, 0.6) is 0 Å². The topological polar surface area (TPSA) is 289 Å². The Morgan fingerprint density at radius 2 is 0.987 bits per heavy atom. The van der Waals surface area contributed by atoms with Gasteiger partial charge in [0.25, 0.3) is 20.2 Å². The molecule has 9 rings (SSSR count). The van der Waals surface area contributed by atoms with Crippen molar-refractivity contribution in [1.82, 2.24) is 32.1 Å². The van der Waals surface area contributed by atoms with E-state index in [2.05, 4.69) is 73.7 Å². The van der Waals surface area contributed by atoms with Gasteiger partial charge >= 0.3 is 0 Å². The van der Waals surface area contributed by atoms with Crippen LogP contribution < -0.4 is 32.1 Å². The quantitative estimate of drug-likeness (QED) is 0.0456. The van der Waals surface area contributed by atoms with E-state index in [-0.39, 0.29) is 88.1 Å². The van der Waals surface area contributed by atoms with Crippen molar-refractivity contribution in [2.45, 2.75) is 213 Å². The second-order valence-electron chi connectivity index (χ2n) is 27.9. The summed E-state index contributed by atoms with van der Waals surface area (Å²) in [5.74, 6) is 3.98. The molecule has 8 aliphatic carbocycles. The third-order valence-electron chi connectivity index (χ3n) is 24.0. The van der Waals surface area contributed by atoms with Gasteiger partial charge in [0, 0.05) is 50.9 Å². The first kappa shape index (κ1) is 58.2. The Morgan fingerprint density at radius 3 is 1.50 bits per heavy atom. The summed E-state index contributed by atoms with van der Waals surface area (Å²) in [6.45, 7) is 14.3.